The average molecular weight is 279 g/mol. The number of aliphatic hydroxyl groups is 1. The molecule has 1 atom stereocenters. The second-order valence-electron chi connectivity index (χ2n) is 4.04. The lowest BCUT2D eigenvalue weighted by molar-refractivity contribution is 0.214. The number of hydrogen-bond donors (Lipinski definition) is 1. The van der Waals surface area contributed by atoms with Crippen LogP contribution in [0.5, 0.6) is 11.5 Å². The van der Waals surface area contributed by atoms with Gasteiger partial charge in [-0.25, -0.2) is 0 Å². The van der Waals surface area contributed by atoms with Crippen molar-refractivity contribution in [1.29, 1.82) is 0 Å². The molecule has 0 radical (unpaired) electrons. The van der Waals surface area contributed by atoms with Gasteiger partial charge in [-0.15, -0.1) is 0 Å². The molecule has 0 aliphatic heterocycles. The number of rotatable bonds is 4. The fraction of sp³-hybridized carbons (Fsp3) is 0.200. The van der Waals surface area contributed by atoms with Gasteiger partial charge in [0.05, 0.1) is 19.2 Å². The minimum absolute atomic E-state index is 0.512. The third-order valence-electron chi connectivity index (χ3n) is 2.92. The number of halogens is 1. The van der Waals surface area contributed by atoms with Crippen LogP contribution in [0.25, 0.3) is 0 Å². The second kappa shape index (κ2) is 5.95. The van der Waals surface area contributed by atoms with E-state index in [0.717, 1.165) is 0 Å². The van der Waals surface area contributed by atoms with Crippen molar-refractivity contribution in [3.8, 4) is 11.5 Å². The Kier molecular flexibility index (Phi) is 4.30. The molecule has 0 aliphatic rings. The number of para-hydroxylation sites is 1. The number of ether oxygens (including phenoxy) is 2. The van der Waals surface area contributed by atoms with Gasteiger partial charge in [-0.05, 0) is 23.8 Å². The molecule has 0 bridgehead atoms. The summed E-state index contributed by atoms with van der Waals surface area (Å²) in [7, 11) is 3.12. The van der Waals surface area contributed by atoms with E-state index in [0.29, 0.717) is 27.6 Å². The van der Waals surface area contributed by atoms with Crippen molar-refractivity contribution in [1.82, 2.24) is 0 Å². The Hall–Kier alpha value is -1.71. The monoisotopic (exact) mass is 278 g/mol. The zero-order valence-corrected chi connectivity index (χ0v) is 11.5. The molecule has 100 valence electrons. The van der Waals surface area contributed by atoms with E-state index in [1.54, 1.807) is 32.4 Å². The van der Waals surface area contributed by atoms with Crippen LogP contribution in [0.2, 0.25) is 5.02 Å². The van der Waals surface area contributed by atoms with E-state index in [2.05, 4.69) is 0 Å². The molecule has 2 aromatic rings. The van der Waals surface area contributed by atoms with Gasteiger partial charge < -0.3 is 14.6 Å². The fourth-order valence-electron chi connectivity index (χ4n) is 1.92. The molecule has 0 fully saturated rings. The molecule has 0 aliphatic carbocycles. The van der Waals surface area contributed by atoms with Gasteiger partial charge in [0.25, 0.3) is 0 Å². The predicted molar refractivity (Wildman–Crippen MR) is 75.1 cm³/mol. The first kappa shape index (κ1) is 13.7. The van der Waals surface area contributed by atoms with E-state index >= 15 is 0 Å². The van der Waals surface area contributed by atoms with Gasteiger partial charge in [0.15, 0.2) is 0 Å². The Morgan fingerprint density at radius 2 is 1.68 bits per heavy atom. The van der Waals surface area contributed by atoms with Gasteiger partial charge in [-0.1, -0.05) is 35.9 Å². The maximum absolute atomic E-state index is 10.4. The predicted octanol–water partition coefficient (Wildman–Crippen LogP) is 3.44. The van der Waals surface area contributed by atoms with Gasteiger partial charge in [0.2, 0.25) is 0 Å². The summed E-state index contributed by atoms with van der Waals surface area (Å²) in [5.74, 6) is 1.18. The average Bonchev–Trinajstić information content (AvgIpc) is 2.47. The zero-order valence-electron chi connectivity index (χ0n) is 10.8. The van der Waals surface area contributed by atoms with Crippen LogP contribution < -0.4 is 9.47 Å². The van der Waals surface area contributed by atoms with E-state index < -0.39 is 6.10 Å². The van der Waals surface area contributed by atoms with Crippen LogP contribution in [0.3, 0.4) is 0 Å². The highest BCUT2D eigenvalue weighted by Gasteiger charge is 2.16. The van der Waals surface area contributed by atoms with Crippen molar-refractivity contribution in [3.05, 3.63) is 58.6 Å². The SMILES string of the molecule is COc1cc(C(O)c2ccccc2OC)ccc1Cl. The standard InChI is InChI=1S/C15H15ClO3/c1-18-13-6-4-3-5-11(13)15(17)10-7-8-12(16)14(9-10)19-2/h3-9,15,17H,1-2H3. The van der Waals surface area contributed by atoms with Crippen molar-refractivity contribution in [3.63, 3.8) is 0 Å². The van der Waals surface area contributed by atoms with Crippen molar-refractivity contribution in [2.45, 2.75) is 6.10 Å². The summed E-state index contributed by atoms with van der Waals surface area (Å²) in [5, 5.41) is 10.9. The number of hydrogen-bond acceptors (Lipinski definition) is 3. The Morgan fingerprint density at radius 3 is 2.37 bits per heavy atom. The molecule has 3 nitrogen and oxygen atoms in total. The summed E-state index contributed by atoms with van der Waals surface area (Å²) in [6.07, 6.45) is -0.790. The van der Waals surface area contributed by atoms with Gasteiger partial charge in [-0.2, -0.15) is 0 Å². The number of benzene rings is 2. The lowest BCUT2D eigenvalue weighted by Gasteiger charge is -2.16. The van der Waals surface area contributed by atoms with Crippen molar-refractivity contribution in [2.75, 3.05) is 14.2 Å². The highest BCUT2D eigenvalue weighted by Crippen LogP contribution is 2.33. The largest absolute Gasteiger partial charge is 0.496 e. The number of aliphatic hydroxyl groups excluding tert-OH is 1. The number of methoxy groups -OCH3 is 2. The van der Waals surface area contributed by atoms with Crippen LogP contribution in [0.15, 0.2) is 42.5 Å². The minimum Gasteiger partial charge on any atom is -0.496 e. The Labute approximate surface area is 117 Å². The minimum atomic E-state index is -0.790. The van der Waals surface area contributed by atoms with Crippen LogP contribution in [-0.2, 0) is 0 Å². The molecule has 0 saturated heterocycles. The first-order valence-electron chi connectivity index (χ1n) is 5.81. The van der Waals surface area contributed by atoms with Crippen LogP contribution in [0, 0.1) is 0 Å². The summed E-state index contributed by atoms with van der Waals surface area (Å²) >= 11 is 5.97. The summed E-state index contributed by atoms with van der Waals surface area (Å²) in [4.78, 5) is 0. The zero-order chi connectivity index (χ0) is 13.8. The maximum atomic E-state index is 10.4. The molecule has 0 heterocycles. The summed E-state index contributed by atoms with van der Waals surface area (Å²) in [5.41, 5.74) is 1.40. The third-order valence-corrected chi connectivity index (χ3v) is 3.24. The molecule has 1 unspecified atom stereocenters. The van der Waals surface area contributed by atoms with Gasteiger partial charge in [-0.3, -0.25) is 0 Å². The topological polar surface area (TPSA) is 38.7 Å². The van der Waals surface area contributed by atoms with Crippen LogP contribution in [-0.4, -0.2) is 19.3 Å². The first-order chi connectivity index (χ1) is 9.17. The van der Waals surface area contributed by atoms with Gasteiger partial charge in [0.1, 0.15) is 17.6 Å². The van der Waals surface area contributed by atoms with Crippen LogP contribution in [0.4, 0.5) is 0 Å². The summed E-state index contributed by atoms with van der Waals surface area (Å²) in [6.45, 7) is 0. The molecular weight excluding hydrogens is 264 g/mol. The third kappa shape index (κ3) is 2.83. The van der Waals surface area contributed by atoms with Crippen molar-refractivity contribution < 1.29 is 14.6 Å². The second-order valence-corrected chi connectivity index (χ2v) is 4.45. The molecule has 19 heavy (non-hydrogen) atoms. The molecular formula is C15H15ClO3. The summed E-state index contributed by atoms with van der Waals surface area (Å²) in [6, 6.07) is 12.5. The Balaban J connectivity index is 2.41. The van der Waals surface area contributed by atoms with E-state index in [1.165, 1.54) is 0 Å². The van der Waals surface area contributed by atoms with E-state index in [1.807, 2.05) is 24.3 Å². The quantitative estimate of drug-likeness (QED) is 0.931. The molecule has 4 heteroatoms. The lowest BCUT2D eigenvalue weighted by Crippen LogP contribution is -2.02. The van der Waals surface area contributed by atoms with Crippen molar-refractivity contribution in [2.24, 2.45) is 0 Å². The molecule has 2 aromatic carbocycles. The smallest absolute Gasteiger partial charge is 0.137 e. The highest BCUT2D eigenvalue weighted by atomic mass is 35.5. The maximum Gasteiger partial charge on any atom is 0.137 e. The van der Waals surface area contributed by atoms with Gasteiger partial charge >= 0.3 is 0 Å². The lowest BCUT2D eigenvalue weighted by atomic mass is 10.0. The van der Waals surface area contributed by atoms with E-state index in [-0.39, 0.29) is 0 Å². The molecule has 2 rings (SSSR count). The Morgan fingerprint density at radius 1 is 1.00 bits per heavy atom. The molecule has 0 spiro atoms. The molecule has 1 N–H and O–H groups in total. The molecule has 0 aromatic heterocycles. The first-order valence-corrected chi connectivity index (χ1v) is 6.19. The van der Waals surface area contributed by atoms with Crippen LogP contribution >= 0.6 is 11.6 Å². The summed E-state index contributed by atoms with van der Waals surface area (Å²) < 4.78 is 10.4. The normalized spacial score (nSPS) is 12.0. The highest BCUT2D eigenvalue weighted by molar-refractivity contribution is 6.32. The Bertz CT molecular complexity index is 569. The van der Waals surface area contributed by atoms with E-state index in [4.69, 9.17) is 21.1 Å². The molecule has 0 amide bonds. The fourth-order valence-corrected chi connectivity index (χ4v) is 2.11. The van der Waals surface area contributed by atoms with E-state index in [9.17, 15) is 5.11 Å². The van der Waals surface area contributed by atoms with Crippen molar-refractivity contribution >= 4 is 11.6 Å². The van der Waals surface area contributed by atoms with Crippen LogP contribution in [0.1, 0.15) is 17.2 Å². The molecule has 0 saturated carbocycles. The van der Waals surface area contributed by atoms with Gasteiger partial charge in [0, 0.05) is 5.56 Å².